The lowest BCUT2D eigenvalue weighted by molar-refractivity contribution is -0.136. The molecular weight excluding hydrogens is 356 g/mol. The molecule has 3 atom stereocenters. The van der Waals surface area contributed by atoms with Crippen LogP contribution in [0.4, 0.5) is 0 Å². The van der Waals surface area contributed by atoms with Gasteiger partial charge in [-0.25, -0.2) is 0 Å². The van der Waals surface area contributed by atoms with Crippen LogP contribution in [-0.2, 0) is 22.7 Å². The van der Waals surface area contributed by atoms with Crippen LogP contribution in [0.5, 0.6) is 0 Å². The van der Waals surface area contributed by atoms with Crippen molar-refractivity contribution in [3.63, 3.8) is 0 Å². The molecule has 0 bridgehead atoms. The topological polar surface area (TPSA) is 105 Å². The van der Waals surface area contributed by atoms with Gasteiger partial charge in [-0.3, -0.25) is 19.7 Å². The minimum atomic E-state index is -0.558. The minimum Gasteiger partial charge on any atom is -0.328 e. The Bertz CT molecular complexity index is 794. The number of imide groups is 1. The number of nitrogens with zero attached hydrogens (tertiary/aromatic N) is 1. The summed E-state index contributed by atoms with van der Waals surface area (Å²) < 4.78 is 0. The maximum absolute atomic E-state index is 12.7. The van der Waals surface area contributed by atoms with Crippen LogP contribution in [0.3, 0.4) is 0 Å². The van der Waals surface area contributed by atoms with Crippen LogP contribution in [0.15, 0.2) is 18.2 Å². The third-order valence-corrected chi connectivity index (χ3v) is 6.23. The van der Waals surface area contributed by atoms with E-state index in [1.807, 2.05) is 12.1 Å². The molecule has 28 heavy (non-hydrogen) atoms. The SMILES string of the molecule is NC1CCC(CCNCc2ccc3c(c2)CN(C2CCC(=O)NC2=O)C3=O)C1. The minimum absolute atomic E-state index is 0.124. The maximum Gasteiger partial charge on any atom is 0.255 e. The number of hydrogen-bond donors (Lipinski definition) is 3. The molecule has 2 heterocycles. The highest BCUT2D eigenvalue weighted by Gasteiger charge is 2.39. The van der Waals surface area contributed by atoms with E-state index in [4.69, 9.17) is 5.73 Å². The number of carbonyl (C=O) groups excluding carboxylic acids is 3. The standard InChI is InChI=1S/C21H28N4O3/c22-16-3-1-13(10-16)7-8-23-11-14-2-4-17-15(9-14)12-25(21(17)28)18-5-6-19(26)24-20(18)27/h2,4,9,13,16,18,23H,1,3,5-8,10-12,22H2,(H,24,26,27). The fourth-order valence-corrected chi connectivity index (χ4v) is 4.65. The van der Waals surface area contributed by atoms with Crippen molar-refractivity contribution in [1.82, 2.24) is 15.5 Å². The summed E-state index contributed by atoms with van der Waals surface area (Å²) in [4.78, 5) is 37.8. The number of amides is 3. The number of nitrogens with one attached hydrogen (secondary N) is 2. The van der Waals surface area contributed by atoms with Crippen LogP contribution < -0.4 is 16.4 Å². The summed E-state index contributed by atoms with van der Waals surface area (Å²) in [5, 5.41) is 5.83. The first-order chi connectivity index (χ1) is 13.5. The van der Waals surface area contributed by atoms with Gasteiger partial charge in [0.05, 0.1) is 0 Å². The fourth-order valence-electron chi connectivity index (χ4n) is 4.65. The summed E-state index contributed by atoms with van der Waals surface area (Å²) >= 11 is 0. The summed E-state index contributed by atoms with van der Waals surface area (Å²) in [7, 11) is 0. The van der Waals surface area contributed by atoms with Gasteiger partial charge in [-0.05, 0) is 61.8 Å². The first-order valence-corrected chi connectivity index (χ1v) is 10.2. The first kappa shape index (κ1) is 19.1. The zero-order valence-corrected chi connectivity index (χ0v) is 16.1. The Hall–Kier alpha value is -2.25. The Kier molecular flexibility index (Phi) is 5.46. The third kappa shape index (κ3) is 3.95. The predicted molar refractivity (Wildman–Crippen MR) is 104 cm³/mol. The third-order valence-electron chi connectivity index (χ3n) is 6.23. The van der Waals surface area contributed by atoms with Crippen molar-refractivity contribution in [2.24, 2.45) is 11.7 Å². The zero-order chi connectivity index (χ0) is 19.7. The molecule has 7 nitrogen and oxygen atoms in total. The largest absolute Gasteiger partial charge is 0.328 e. The summed E-state index contributed by atoms with van der Waals surface area (Å²) in [5.74, 6) is -0.0203. The van der Waals surface area contributed by atoms with Gasteiger partial charge in [0.2, 0.25) is 11.8 Å². The Morgan fingerprint density at radius 2 is 2.04 bits per heavy atom. The predicted octanol–water partition coefficient (Wildman–Crippen LogP) is 1.05. The van der Waals surface area contributed by atoms with Gasteiger partial charge in [0.25, 0.3) is 5.91 Å². The Balaban J connectivity index is 1.32. The quantitative estimate of drug-likeness (QED) is 0.502. The van der Waals surface area contributed by atoms with Crippen molar-refractivity contribution >= 4 is 17.7 Å². The first-order valence-electron chi connectivity index (χ1n) is 10.2. The van der Waals surface area contributed by atoms with E-state index in [2.05, 4.69) is 16.7 Å². The second-order valence-electron chi connectivity index (χ2n) is 8.30. The number of piperidine rings is 1. The molecule has 3 amide bonds. The van der Waals surface area contributed by atoms with E-state index in [0.717, 1.165) is 49.4 Å². The van der Waals surface area contributed by atoms with E-state index in [0.29, 0.717) is 24.6 Å². The molecular formula is C21H28N4O3. The van der Waals surface area contributed by atoms with Gasteiger partial charge in [-0.2, -0.15) is 0 Å². The molecule has 3 unspecified atom stereocenters. The van der Waals surface area contributed by atoms with E-state index in [1.165, 1.54) is 6.42 Å². The van der Waals surface area contributed by atoms with Crippen molar-refractivity contribution in [1.29, 1.82) is 0 Å². The molecule has 4 N–H and O–H groups in total. The van der Waals surface area contributed by atoms with Gasteiger partial charge >= 0.3 is 0 Å². The number of carbonyl (C=O) groups is 3. The highest BCUT2D eigenvalue weighted by atomic mass is 16.2. The van der Waals surface area contributed by atoms with E-state index >= 15 is 0 Å². The van der Waals surface area contributed by atoms with Gasteiger partial charge in [0.1, 0.15) is 6.04 Å². The average Bonchev–Trinajstić information content (AvgIpc) is 3.22. The van der Waals surface area contributed by atoms with E-state index in [1.54, 1.807) is 4.90 Å². The highest BCUT2D eigenvalue weighted by Crippen LogP contribution is 2.28. The lowest BCUT2D eigenvalue weighted by Crippen LogP contribution is -2.52. The van der Waals surface area contributed by atoms with Crippen molar-refractivity contribution in [2.75, 3.05) is 6.54 Å². The summed E-state index contributed by atoms with van der Waals surface area (Å²) in [6.07, 6.45) is 5.34. The Morgan fingerprint density at radius 1 is 1.18 bits per heavy atom. The molecule has 1 saturated carbocycles. The molecule has 2 fully saturated rings. The van der Waals surface area contributed by atoms with Crippen LogP contribution in [0.25, 0.3) is 0 Å². The number of rotatable bonds is 6. The van der Waals surface area contributed by atoms with Crippen LogP contribution in [0.2, 0.25) is 0 Å². The molecule has 0 spiro atoms. The van der Waals surface area contributed by atoms with Crippen molar-refractivity contribution in [3.8, 4) is 0 Å². The molecule has 1 aromatic rings. The average molecular weight is 384 g/mol. The molecule has 2 aliphatic heterocycles. The van der Waals surface area contributed by atoms with Crippen LogP contribution in [0, 0.1) is 5.92 Å². The lowest BCUT2D eigenvalue weighted by atomic mass is 10.0. The maximum atomic E-state index is 12.7. The number of hydrogen-bond acceptors (Lipinski definition) is 5. The Labute approximate surface area is 165 Å². The molecule has 150 valence electrons. The molecule has 1 aliphatic carbocycles. The van der Waals surface area contributed by atoms with Gasteiger partial charge in [-0.15, -0.1) is 0 Å². The zero-order valence-electron chi connectivity index (χ0n) is 16.1. The Morgan fingerprint density at radius 3 is 2.79 bits per heavy atom. The van der Waals surface area contributed by atoms with Crippen molar-refractivity contribution < 1.29 is 14.4 Å². The van der Waals surface area contributed by atoms with Crippen molar-refractivity contribution in [3.05, 3.63) is 34.9 Å². The highest BCUT2D eigenvalue weighted by molar-refractivity contribution is 6.05. The van der Waals surface area contributed by atoms with Crippen molar-refractivity contribution in [2.45, 2.75) is 63.7 Å². The molecule has 7 heteroatoms. The van der Waals surface area contributed by atoms with E-state index in [9.17, 15) is 14.4 Å². The second kappa shape index (κ2) is 8.01. The number of nitrogens with two attached hydrogens (primary N) is 1. The molecule has 3 aliphatic rings. The van der Waals surface area contributed by atoms with Gasteiger partial charge in [0, 0.05) is 31.1 Å². The number of benzene rings is 1. The molecule has 4 rings (SSSR count). The van der Waals surface area contributed by atoms with E-state index < -0.39 is 6.04 Å². The normalized spacial score (nSPS) is 27.2. The van der Waals surface area contributed by atoms with Gasteiger partial charge in [-0.1, -0.05) is 12.1 Å². The van der Waals surface area contributed by atoms with Crippen LogP contribution >= 0.6 is 0 Å². The molecule has 1 saturated heterocycles. The summed E-state index contributed by atoms with van der Waals surface area (Å²) in [5.41, 5.74) is 8.72. The number of fused-ring (bicyclic) bond motifs is 1. The van der Waals surface area contributed by atoms with E-state index in [-0.39, 0.29) is 24.1 Å². The van der Waals surface area contributed by atoms with Gasteiger partial charge in [0.15, 0.2) is 0 Å². The molecule has 0 aromatic heterocycles. The molecule has 1 aromatic carbocycles. The fraction of sp³-hybridized carbons (Fsp3) is 0.571. The second-order valence-corrected chi connectivity index (χ2v) is 8.30. The molecule has 0 radical (unpaired) electrons. The lowest BCUT2D eigenvalue weighted by Gasteiger charge is -2.29. The van der Waals surface area contributed by atoms with Crippen LogP contribution in [0.1, 0.15) is 60.0 Å². The van der Waals surface area contributed by atoms with Gasteiger partial charge < -0.3 is 16.0 Å². The monoisotopic (exact) mass is 384 g/mol. The summed E-state index contributed by atoms with van der Waals surface area (Å²) in [6.45, 7) is 2.16. The van der Waals surface area contributed by atoms with Crippen LogP contribution in [-0.4, -0.2) is 41.2 Å². The summed E-state index contributed by atoms with van der Waals surface area (Å²) in [6, 6.07) is 5.71. The smallest absolute Gasteiger partial charge is 0.255 e.